The first-order chi connectivity index (χ1) is 6.83. The molecule has 1 aromatic heterocycles. The van der Waals surface area contributed by atoms with Gasteiger partial charge in [0.25, 0.3) is 0 Å². The van der Waals surface area contributed by atoms with Gasteiger partial charge in [0, 0.05) is 5.56 Å². The normalized spacial score (nSPS) is 10.1. The minimum atomic E-state index is 0.868. The molecule has 0 radical (unpaired) electrons. The molecule has 2 nitrogen and oxygen atoms in total. The zero-order valence-electron chi connectivity index (χ0n) is 7.53. The van der Waals surface area contributed by atoms with Crippen LogP contribution in [0.5, 0.6) is 5.75 Å². The number of para-hydroxylation sites is 1. The largest absolute Gasteiger partial charge is 0.496 e. The number of nitrogens with zero attached hydrogens (tertiary/aromatic N) is 1. The molecule has 1 aromatic carbocycles. The van der Waals surface area contributed by atoms with Gasteiger partial charge in [-0.1, -0.05) is 12.1 Å². The minimum Gasteiger partial charge on any atom is -0.496 e. The van der Waals surface area contributed by atoms with Crippen LogP contribution in [0.15, 0.2) is 34.4 Å². The highest BCUT2D eigenvalue weighted by Gasteiger charge is 2.10. The van der Waals surface area contributed by atoms with Gasteiger partial charge in [-0.3, -0.25) is 0 Å². The Morgan fingerprint density at radius 3 is 2.79 bits per heavy atom. The fourth-order valence-corrected chi connectivity index (χ4v) is 2.68. The van der Waals surface area contributed by atoms with Gasteiger partial charge in [-0.15, -0.1) is 11.3 Å². The Morgan fingerprint density at radius 1 is 1.36 bits per heavy atom. The Hall–Kier alpha value is -0.870. The maximum Gasteiger partial charge on any atom is 0.127 e. The number of thiazole rings is 1. The Labute approximate surface area is 94.7 Å². The summed E-state index contributed by atoms with van der Waals surface area (Å²) in [6, 6.07) is 7.92. The fourth-order valence-electron chi connectivity index (χ4n) is 1.24. The van der Waals surface area contributed by atoms with Crippen molar-refractivity contribution in [3.05, 3.63) is 34.4 Å². The number of aromatic nitrogens is 1. The number of hydrogen-bond acceptors (Lipinski definition) is 3. The lowest BCUT2D eigenvalue weighted by Crippen LogP contribution is -1.85. The molecular formula is C10H8BrNOS. The number of hydrogen-bond donors (Lipinski definition) is 0. The number of benzene rings is 1. The minimum absolute atomic E-state index is 0.868. The Morgan fingerprint density at radius 2 is 2.14 bits per heavy atom. The summed E-state index contributed by atoms with van der Waals surface area (Å²) in [6.45, 7) is 0. The van der Waals surface area contributed by atoms with Gasteiger partial charge in [-0.2, -0.15) is 0 Å². The number of ether oxygens (including phenoxy) is 1. The van der Waals surface area contributed by atoms with Crippen molar-refractivity contribution in [2.45, 2.75) is 0 Å². The highest BCUT2D eigenvalue weighted by atomic mass is 79.9. The molecule has 72 valence electrons. The molecule has 0 amide bonds. The molecule has 14 heavy (non-hydrogen) atoms. The maximum absolute atomic E-state index is 5.28. The molecule has 0 spiro atoms. The molecule has 0 aliphatic heterocycles. The number of halogens is 1. The predicted molar refractivity (Wildman–Crippen MR) is 61.8 cm³/mol. The van der Waals surface area contributed by atoms with E-state index >= 15 is 0 Å². The second-order valence-electron chi connectivity index (χ2n) is 2.67. The maximum atomic E-state index is 5.28. The standard InChI is InChI=1S/C10H8BrNOS/c1-13-8-5-3-2-4-7(8)9-10(11)12-6-14-9/h2-6H,1H3. The van der Waals surface area contributed by atoms with Crippen molar-refractivity contribution in [3.63, 3.8) is 0 Å². The summed E-state index contributed by atoms with van der Waals surface area (Å²) in [5, 5.41) is 0. The molecule has 0 aliphatic carbocycles. The molecule has 0 saturated heterocycles. The molecule has 0 aliphatic rings. The summed E-state index contributed by atoms with van der Waals surface area (Å²) >= 11 is 5.00. The molecule has 0 fully saturated rings. The lowest BCUT2D eigenvalue weighted by atomic mass is 10.2. The van der Waals surface area contributed by atoms with Crippen LogP contribution in [0, 0.1) is 0 Å². The van der Waals surface area contributed by atoms with Crippen LogP contribution in [0.1, 0.15) is 0 Å². The van der Waals surface area contributed by atoms with Crippen molar-refractivity contribution in [1.82, 2.24) is 4.98 Å². The Balaban J connectivity index is 2.56. The number of methoxy groups -OCH3 is 1. The summed E-state index contributed by atoms with van der Waals surface area (Å²) < 4.78 is 6.15. The van der Waals surface area contributed by atoms with Crippen LogP contribution in [0.4, 0.5) is 0 Å². The monoisotopic (exact) mass is 269 g/mol. The third kappa shape index (κ3) is 1.67. The van der Waals surface area contributed by atoms with E-state index in [4.69, 9.17) is 4.74 Å². The molecule has 2 rings (SSSR count). The lowest BCUT2D eigenvalue weighted by Gasteiger charge is -2.05. The van der Waals surface area contributed by atoms with Crippen LogP contribution in [0.25, 0.3) is 10.4 Å². The van der Waals surface area contributed by atoms with Gasteiger partial charge in [-0.25, -0.2) is 4.98 Å². The summed E-state index contributed by atoms with van der Waals surface area (Å²) in [5.74, 6) is 0.873. The second kappa shape index (κ2) is 4.11. The Bertz CT molecular complexity index is 441. The lowest BCUT2D eigenvalue weighted by molar-refractivity contribution is 0.416. The molecule has 0 bridgehead atoms. The van der Waals surface area contributed by atoms with Crippen molar-refractivity contribution in [2.75, 3.05) is 7.11 Å². The second-order valence-corrected chi connectivity index (χ2v) is 4.28. The van der Waals surface area contributed by atoms with E-state index in [0.29, 0.717) is 0 Å². The first-order valence-corrected chi connectivity index (χ1v) is 5.72. The van der Waals surface area contributed by atoms with Crippen molar-refractivity contribution in [2.24, 2.45) is 0 Å². The van der Waals surface area contributed by atoms with Crippen molar-refractivity contribution in [1.29, 1.82) is 0 Å². The van der Waals surface area contributed by atoms with Gasteiger partial charge < -0.3 is 4.74 Å². The SMILES string of the molecule is COc1ccccc1-c1scnc1Br. The molecule has 0 N–H and O–H groups in total. The van der Waals surface area contributed by atoms with Gasteiger partial charge in [0.05, 0.1) is 17.5 Å². The number of rotatable bonds is 2. The van der Waals surface area contributed by atoms with Crippen LogP contribution in [-0.2, 0) is 0 Å². The van der Waals surface area contributed by atoms with Crippen LogP contribution in [0.2, 0.25) is 0 Å². The van der Waals surface area contributed by atoms with Crippen molar-refractivity contribution >= 4 is 27.3 Å². The Kier molecular flexibility index (Phi) is 2.84. The van der Waals surface area contributed by atoms with Crippen LogP contribution < -0.4 is 4.74 Å². The molecule has 0 atom stereocenters. The quantitative estimate of drug-likeness (QED) is 0.832. The summed E-state index contributed by atoms with van der Waals surface area (Å²) in [4.78, 5) is 5.25. The third-order valence-electron chi connectivity index (χ3n) is 1.88. The summed E-state index contributed by atoms with van der Waals surface area (Å²) in [7, 11) is 1.67. The van der Waals surface area contributed by atoms with Gasteiger partial charge in [0.2, 0.25) is 0 Å². The average molecular weight is 270 g/mol. The van der Waals surface area contributed by atoms with E-state index in [1.54, 1.807) is 18.4 Å². The van der Waals surface area contributed by atoms with E-state index in [0.717, 1.165) is 20.8 Å². The topological polar surface area (TPSA) is 22.1 Å². The average Bonchev–Trinajstić information content (AvgIpc) is 2.64. The molecule has 0 saturated carbocycles. The fraction of sp³-hybridized carbons (Fsp3) is 0.100. The summed E-state index contributed by atoms with van der Waals surface area (Å²) in [5.41, 5.74) is 2.88. The summed E-state index contributed by atoms with van der Waals surface area (Å²) in [6.07, 6.45) is 0. The van der Waals surface area contributed by atoms with E-state index in [1.165, 1.54) is 0 Å². The van der Waals surface area contributed by atoms with Crippen LogP contribution in [-0.4, -0.2) is 12.1 Å². The van der Waals surface area contributed by atoms with E-state index in [-0.39, 0.29) is 0 Å². The third-order valence-corrected chi connectivity index (χ3v) is 3.60. The van der Waals surface area contributed by atoms with Crippen LogP contribution >= 0.6 is 27.3 Å². The van der Waals surface area contributed by atoms with Gasteiger partial charge in [0.15, 0.2) is 0 Å². The predicted octanol–water partition coefficient (Wildman–Crippen LogP) is 3.58. The zero-order valence-corrected chi connectivity index (χ0v) is 9.93. The van der Waals surface area contributed by atoms with E-state index in [1.807, 2.05) is 29.8 Å². The molecule has 2 aromatic rings. The highest BCUT2D eigenvalue weighted by molar-refractivity contribution is 9.10. The van der Waals surface area contributed by atoms with E-state index < -0.39 is 0 Å². The molecule has 4 heteroatoms. The van der Waals surface area contributed by atoms with E-state index in [2.05, 4.69) is 20.9 Å². The zero-order chi connectivity index (χ0) is 9.97. The molecule has 0 unspecified atom stereocenters. The first kappa shape index (κ1) is 9.68. The van der Waals surface area contributed by atoms with Crippen molar-refractivity contribution < 1.29 is 4.74 Å². The molecule has 1 heterocycles. The van der Waals surface area contributed by atoms with Gasteiger partial charge in [0.1, 0.15) is 10.4 Å². The van der Waals surface area contributed by atoms with Crippen LogP contribution in [0.3, 0.4) is 0 Å². The van der Waals surface area contributed by atoms with Crippen molar-refractivity contribution in [3.8, 4) is 16.2 Å². The first-order valence-electron chi connectivity index (χ1n) is 4.05. The van der Waals surface area contributed by atoms with E-state index in [9.17, 15) is 0 Å². The van der Waals surface area contributed by atoms with Gasteiger partial charge >= 0.3 is 0 Å². The van der Waals surface area contributed by atoms with Gasteiger partial charge in [-0.05, 0) is 28.1 Å². The molecular weight excluding hydrogens is 262 g/mol. The smallest absolute Gasteiger partial charge is 0.127 e. The highest BCUT2D eigenvalue weighted by Crippen LogP contribution is 2.36.